The highest BCUT2D eigenvalue weighted by molar-refractivity contribution is 5.26. The lowest BCUT2D eigenvalue weighted by Gasteiger charge is -2.31. The maximum Gasteiger partial charge on any atom is 0.391 e. The minimum absolute atomic E-state index is 0.111. The first-order valence-electron chi connectivity index (χ1n) is 6.91. The Morgan fingerprint density at radius 1 is 1.25 bits per heavy atom. The van der Waals surface area contributed by atoms with E-state index in [9.17, 15) is 17.6 Å². The maximum atomic E-state index is 13.0. The summed E-state index contributed by atoms with van der Waals surface area (Å²) in [6.07, 6.45) is -2.34. The van der Waals surface area contributed by atoms with Gasteiger partial charge >= 0.3 is 6.18 Å². The molecule has 1 aliphatic rings. The first-order valence-corrected chi connectivity index (χ1v) is 6.91. The Hall–Kier alpha value is -1.10. The van der Waals surface area contributed by atoms with Crippen molar-refractivity contribution in [1.82, 2.24) is 5.32 Å². The van der Waals surface area contributed by atoms with Crippen LogP contribution in [0.2, 0.25) is 0 Å². The highest BCUT2D eigenvalue weighted by Crippen LogP contribution is 2.37. The van der Waals surface area contributed by atoms with Gasteiger partial charge in [-0.05, 0) is 49.4 Å². The smallest absolute Gasteiger partial charge is 0.310 e. The van der Waals surface area contributed by atoms with Gasteiger partial charge in [-0.1, -0.05) is 12.5 Å². The summed E-state index contributed by atoms with van der Waals surface area (Å²) in [6, 6.07) is 4.39. The van der Waals surface area contributed by atoms with E-state index >= 15 is 0 Å². The van der Waals surface area contributed by atoms with Crippen molar-refractivity contribution >= 4 is 0 Å². The minimum atomic E-state index is -4.09. The summed E-state index contributed by atoms with van der Waals surface area (Å²) in [5, 5.41) is 3.18. The number of alkyl halides is 3. The van der Waals surface area contributed by atoms with Crippen molar-refractivity contribution in [1.29, 1.82) is 0 Å². The molecule has 1 aromatic carbocycles. The molecule has 1 N–H and O–H groups in total. The second-order valence-electron chi connectivity index (χ2n) is 5.55. The SMILES string of the molecule is Cc1cc(F)ccc1CNC1CCCC(C(F)(F)F)C1. The van der Waals surface area contributed by atoms with Gasteiger partial charge in [0.05, 0.1) is 5.92 Å². The summed E-state index contributed by atoms with van der Waals surface area (Å²) >= 11 is 0. The number of halogens is 4. The molecular weight excluding hydrogens is 270 g/mol. The molecule has 20 heavy (non-hydrogen) atoms. The number of aryl methyl sites for hydroxylation is 1. The first-order chi connectivity index (χ1) is 9.36. The van der Waals surface area contributed by atoms with Crippen LogP contribution in [0.3, 0.4) is 0 Å². The topological polar surface area (TPSA) is 12.0 Å². The Morgan fingerprint density at radius 2 is 2.00 bits per heavy atom. The predicted octanol–water partition coefficient (Wildman–Crippen LogP) is 4.34. The summed E-state index contributed by atoms with van der Waals surface area (Å²) in [6.45, 7) is 2.29. The Morgan fingerprint density at radius 3 is 2.65 bits per heavy atom. The largest absolute Gasteiger partial charge is 0.391 e. The zero-order chi connectivity index (χ0) is 14.8. The standard InChI is InChI=1S/C15H19F4N/c1-10-7-13(16)6-5-11(10)9-20-14-4-2-3-12(8-14)15(17,18)19/h5-7,12,14,20H,2-4,8-9H2,1H3. The summed E-state index contributed by atoms with van der Waals surface area (Å²) in [7, 11) is 0. The molecule has 0 bridgehead atoms. The molecule has 1 saturated carbocycles. The van der Waals surface area contributed by atoms with E-state index in [4.69, 9.17) is 0 Å². The van der Waals surface area contributed by atoms with Gasteiger partial charge in [-0.2, -0.15) is 13.2 Å². The fourth-order valence-electron chi connectivity index (χ4n) is 2.78. The zero-order valence-corrected chi connectivity index (χ0v) is 11.4. The highest BCUT2D eigenvalue weighted by Gasteiger charge is 2.41. The van der Waals surface area contributed by atoms with Gasteiger partial charge in [0.15, 0.2) is 0 Å². The van der Waals surface area contributed by atoms with Gasteiger partial charge in [0, 0.05) is 12.6 Å². The second-order valence-corrected chi connectivity index (χ2v) is 5.55. The van der Waals surface area contributed by atoms with Gasteiger partial charge in [0.2, 0.25) is 0 Å². The number of nitrogens with one attached hydrogen (secondary N) is 1. The van der Waals surface area contributed by atoms with E-state index in [-0.39, 0.29) is 24.7 Å². The van der Waals surface area contributed by atoms with Crippen LogP contribution in [0.15, 0.2) is 18.2 Å². The molecule has 0 saturated heterocycles. The van der Waals surface area contributed by atoms with Crippen molar-refractivity contribution in [2.24, 2.45) is 5.92 Å². The van der Waals surface area contributed by atoms with Crippen molar-refractivity contribution < 1.29 is 17.6 Å². The lowest BCUT2D eigenvalue weighted by molar-refractivity contribution is -0.183. The Kier molecular flexibility index (Phi) is 4.68. The Labute approximate surface area is 116 Å². The van der Waals surface area contributed by atoms with Crippen molar-refractivity contribution in [3.8, 4) is 0 Å². The maximum absolute atomic E-state index is 13.0. The third-order valence-electron chi connectivity index (χ3n) is 4.02. The van der Waals surface area contributed by atoms with E-state index in [0.717, 1.165) is 17.5 Å². The fourth-order valence-corrected chi connectivity index (χ4v) is 2.78. The van der Waals surface area contributed by atoms with Crippen molar-refractivity contribution in [2.45, 2.75) is 51.4 Å². The first kappa shape index (κ1) is 15.3. The monoisotopic (exact) mass is 289 g/mol. The van der Waals surface area contributed by atoms with E-state index in [1.807, 2.05) is 0 Å². The quantitative estimate of drug-likeness (QED) is 0.816. The molecule has 2 rings (SSSR count). The molecule has 2 atom stereocenters. The van der Waals surface area contributed by atoms with E-state index < -0.39 is 12.1 Å². The molecule has 2 unspecified atom stereocenters. The van der Waals surface area contributed by atoms with E-state index in [1.54, 1.807) is 13.0 Å². The molecule has 0 amide bonds. The van der Waals surface area contributed by atoms with Gasteiger partial charge in [0.1, 0.15) is 5.82 Å². The van der Waals surface area contributed by atoms with Crippen LogP contribution in [0.5, 0.6) is 0 Å². The Balaban J connectivity index is 1.90. The molecule has 1 aromatic rings. The molecule has 1 aliphatic carbocycles. The molecular formula is C15H19F4N. The predicted molar refractivity (Wildman–Crippen MR) is 69.8 cm³/mol. The summed E-state index contributed by atoms with van der Waals surface area (Å²) in [5.74, 6) is -1.48. The zero-order valence-electron chi connectivity index (χ0n) is 11.4. The van der Waals surface area contributed by atoms with Crippen LogP contribution in [0.25, 0.3) is 0 Å². The molecule has 0 spiro atoms. The molecule has 0 heterocycles. The van der Waals surface area contributed by atoms with Crippen LogP contribution in [0, 0.1) is 18.7 Å². The molecule has 1 nitrogen and oxygen atoms in total. The van der Waals surface area contributed by atoms with Crippen LogP contribution in [-0.2, 0) is 6.54 Å². The molecule has 5 heteroatoms. The van der Waals surface area contributed by atoms with Gasteiger partial charge in [-0.3, -0.25) is 0 Å². The summed E-state index contributed by atoms with van der Waals surface area (Å²) < 4.78 is 51.1. The molecule has 112 valence electrons. The van der Waals surface area contributed by atoms with Gasteiger partial charge in [-0.15, -0.1) is 0 Å². The molecule has 0 radical (unpaired) electrons. The van der Waals surface area contributed by atoms with E-state index in [2.05, 4.69) is 5.32 Å². The third-order valence-corrected chi connectivity index (χ3v) is 4.02. The minimum Gasteiger partial charge on any atom is -0.310 e. The summed E-state index contributed by atoms with van der Waals surface area (Å²) in [5.41, 5.74) is 1.75. The summed E-state index contributed by atoms with van der Waals surface area (Å²) in [4.78, 5) is 0. The number of benzene rings is 1. The third kappa shape index (κ3) is 3.95. The number of rotatable bonds is 3. The van der Waals surface area contributed by atoms with Crippen molar-refractivity contribution in [3.63, 3.8) is 0 Å². The van der Waals surface area contributed by atoms with Crippen LogP contribution < -0.4 is 5.32 Å². The number of hydrogen-bond acceptors (Lipinski definition) is 1. The van der Waals surface area contributed by atoms with Crippen LogP contribution >= 0.6 is 0 Å². The van der Waals surface area contributed by atoms with Crippen molar-refractivity contribution in [2.75, 3.05) is 0 Å². The lowest BCUT2D eigenvalue weighted by atomic mass is 9.85. The molecule has 0 aromatic heterocycles. The van der Waals surface area contributed by atoms with E-state index in [0.29, 0.717) is 13.0 Å². The molecule has 1 fully saturated rings. The lowest BCUT2D eigenvalue weighted by Crippen LogP contribution is -2.38. The van der Waals surface area contributed by atoms with Crippen molar-refractivity contribution in [3.05, 3.63) is 35.1 Å². The van der Waals surface area contributed by atoms with Gasteiger partial charge < -0.3 is 5.32 Å². The average molecular weight is 289 g/mol. The second kappa shape index (κ2) is 6.12. The highest BCUT2D eigenvalue weighted by atomic mass is 19.4. The Bertz CT molecular complexity index is 456. The average Bonchev–Trinajstić information content (AvgIpc) is 2.37. The van der Waals surface area contributed by atoms with Crippen LogP contribution in [-0.4, -0.2) is 12.2 Å². The normalized spacial score (nSPS) is 23.9. The fraction of sp³-hybridized carbons (Fsp3) is 0.600. The number of hydrogen-bond donors (Lipinski definition) is 1. The van der Waals surface area contributed by atoms with E-state index in [1.165, 1.54) is 12.1 Å². The van der Waals surface area contributed by atoms with Crippen LogP contribution in [0.1, 0.15) is 36.8 Å². The van der Waals surface area contributed by atoms with Gasteiger partial charge in [-0.25, -0.2) is 4.39 Å². The molecule has 0 aliphatic heterocycles. The van der Waals surface area contributed by atoms with Crippen LogP contribution in [0.4, 0.5) is 17.6 Å². The van der Waals surface area contributed by atoms with Gasteiger partial charge in [0.25, 0.3) is 0 Å².